The largest absolute Gasteiger partial charge is 0.496 e. The fourth-order valence-electron chi connectivity index (χ4n) is 3.60. The lowest BCUT2D eigenvalue weighted by molar-refractivity contribution is -0.384. The molecular formula is C28H19N3O6. The maximum Gasteiger partial charge on any atom is 0.344 e. The van der Waals surface area contributed by atoms with E-state index in [2.05, 4.69) is 5.32 Å². The number of nitrogens with one attached hydrogen (secondary N) is 1. The number of benzene rings is 4. The van der Waals surface area contributed by atoms with Gasteiger partial charge in [-0.15, -0.1) is 0 Å². The normalized spacial score (nSPS) is 10.9. The van der Waals surface area contributed by atoms with Crippen LogP contribution in [0.3, 0.4) is 0 Å². The Morgan fingerprint density at radius 3 is 2.38 bits per heavy atom. The summed E-state index contributed by atoms with van der Waals surface area (Å²) in [5, 5.41) is 24.9. The van der Waals surface area contributed by atoms with Crippen molar-refractivity contribution < 1.29 is 24.0 Å². The van der Waals surface area contributed by atoms with Gasteiger partial charge in [-0.25, -0.2) is 4.79 Å². The van der Waals surface area contributed by atoms with Gasteiger partial charge in [-0.05, 0) is 52.7 Å². The first-order valence-corrected chi connectivity index (χ1v) is 10.9. The second-order valence-corrected chi connectivity index (χ2v) is 7.75. The molecule has 4 aromatic rings. The number of fused-ring (bicyclic) bond motifs is 1. The molecule has 4 rings (SSSR count). The van der Waals surface area contributed by atoms with Crippen LogP contribution in [0, 0.1) is 21.4 Å². The van der Waals surface area contributed by atoms with Gasteiger partial charge in [-0.3, -0.25) is 14.9 Å². The molecule has 0 aliphatic carbocycles. The third kappa shape index (κ3) is 5.61. The summed E-state index contributed by atoms with van der Waals surface area (Å²) in [5.41, 5.74) is 0.194. The Bertz CT molecular complexity index is 1580. The summed E-state index contributed by atoms with van der Waals surface area (Å²) in [6.45, 7) is 0. The van der Waals surface area contributed by atoms with Crippen LogP contribution in [-0.2, 0) is 4.79 Å². The average Bonchev–Trinajstić information content (AvgIpc) is 2.92. The van der Waals surface area contributed by atoms with Gasteiger partial charge in [-0.1, -0.05) is 48.5 Å². The third-order valence-corrected chi connectivity index (χ3v) is 5.43. The Kier molecular flexibility index (Phi) is 7.21. The smallest absolute Gasteiger partial charge is 0.344 e. The van der Waals surface area contributed by atoms with Crippen molar-refractivity contribution in [3.63, 3.8) is 0 Å². The van der Waals surface area contributed by atoms with E-state index in [1.807, 2.05) is 30.3 Å². The molecule has 1 amide bonds. The van der Waals surface area contributed by atoms with Gasteiger partial charge in [0.25, 0.3) is 11.6 Å². The topological polar surface area (TPSA) is 132 Å². The SMILES string of the molecule is COc1ccc(NC(=O)/C(C#N)=C/c2ccc(OC(=O)c3cccc4ccccc34)cc2)c([N+](=O)[O-])c1. The van der Waals surface area contributed by atoms with E-state index in [9.17, 15) is 25.0 Å². The summed E-state index contributed by atoms with van der Waals surface area (Å²) in [6.07, 6.45) is 1.32. The van der Waals surface area contributed by atoms with Gasteiger partial charge in [0.2, 0.25) is 0 Å². The summed E-state index contributed by atoms with van der Waals surface area (Å²) >= 11 is 0. The van der Waals surface area contributed by atoms with Crippen LogP contribution < -0.4 is 14.8 Å². The van der Waals surface area contributed by atoms with Crippen molar-refractivity contribution in [1.29, 1.82) is 5.26 Å². The van der Waals surface area contributed by atoms with Crippen LogP contribution in [0.1, 0.15) is 15.9 Å². The van der Waals surface area contributed by atoms with E-state index in [1.165, 1.54) is 43.5 Å². The highest BCUT2D eigenvalue weighted by molar-refractivity contribution is 6.10. The van der Waals surface area contributed by atoms with Crippen molar-refractivity contribution in [3.8, 4) is 17.6 Å². The number of amides is 1. The second-order valence-electron chi connectivity index (χ2n) is 7.75. The lowest BCUT2D eigenvalue weighted by Crippen LogP contribution is -2.14. The zero-order chi connectivity index (χ0) is 26.4. The number of nitro benzene ring substituents is 1. The van der Waals surface area contributed by atoms with Crippen molar-refractivity contribution in [2.45, 2.75) is 0 Å². The highest BCUT2D eigenvalue weighted by Crippen LogP contribution is 2.29. The molecule has 0 saturated carbocycles. The number of ether oxygens (including phenoxy) is 2. The van der Waals surface area contributed by atoms with Crippen LogP contribution in [-0.4, -0.2) is 23.9 Å². The van der Waals surface area contributed by atoms with Gasteiger partial charge >= 0.3 is 5.97 Å². The van der Waals surface area contributed by atoms with E-state index >= 15 is 0 Å². The molecular weight excluding hydrogens is 474 g/mol. The molecule has 0 fully saturated rings. The fourth-order valence-corrected chi connectivity index (χ4v) is 3.60. The molecule has 9 heteroatoms. The third-order valence-electron chi connectivity index (χ3n) is 5.43. The highest BCUT2D eigenvalue weighted by atomic mass is 16.6. The van der Waals surface area contributed by atoms with E-state index < -0.39 is 16.8 Å². The average molecular weight is 493 g/mol. The number of methoxy groups -OCH3 is 1. The van der Waals surface area contributed by atoms with Crippen LogP contribution in [0.5, 0.6) is 11.5 Å². The van der Waals surface area contributed by atoms with E-state index in [4.69, 9.17) is 9.47 Å². The molecule has 0 atom stereocenters. The highest BCUT2D eigenvalue weighted by Gasteiger charge is 2.19. The molecule has 0 heterocycles. The molecule has 0 unspecified atom stereocenters. The molecule has 0 aromatic heterocycles. The van der Waals surface area contributed by atoms with Gasteiger partial charge in [0, 0.05) is 0 Å². The number of nitro groups is 1. The minimum atomic E-state index is -0.817. The molecule has 0 saturated heterocycles. The summed E-state index contributed by atoms with van der Waals surface area (Å²) in [4.78, 5) is 36.0. The molecule has 9 nitrogen and oxygen atoms in total. The number of carbonyl (C=O) groups excluding carboxylic acids is 2. The zero-order valence-corrected chi connectivity index (χ0v) is 19.5. The van der Waals surface area contributed by atoms with E-state index in [1.54, 1.807) is 30.3 Å². The quantitative estimate of drug-likeness (QED) is 0.0895. The van der Waals surface area contributed by atoms with Crippen LogP contribution in [0.4, 0.5) is 11.4 Å². The van der Waals surface area contributed by atoms with Crippen molar-refractivity contribution >= 4 is 40.1 Å². The maximum absolute atomic E-state index is 12.7. The first-order chi connectivity index (χ1) is 17.9. The van der Waals surface area contributed by atoms with Crippen LogP contribution >= 0.6 is 0 Å². The Morgan fingerprint density at radius 1 is 0.973 bits per heavy atom. The first kappa shape index (κ1) is 24.6. The van der Waals surface area contributed by atoms with Gasteiger partial charge in [0.15, 0.2) is 0 Å². The summed E-state index contributed by atoms with van der Waals surface area (Å²) < 4.78 is 10.5. The molecule has 4 aromatic carbocycles. The molecule has 1 N–H and O–H groups in total. The van der Waals surface area contributed by atoms with E-state index in [-0.39, 0.29) is 28.4 Å². The number of nitriles is 1. The number of rotatable bonds is 7. The Hall–Kier alpha value is -5.49. The van der Waals surface area contributed by atoms with Crippen molar-refractivity contribution in [3.05, 3.63) is 112 Å². The molecule has 0 radical (unpaired) electrons. The lowest BCUT2D eigenvalue weighted by Gasteiger charge is -2.08. The molecule has 0 spiro atoms. The molecule has 0 aliphatic rings. The van der Waals surface area contributed by atoms with E-state index in [0.29, 0.717) is 11.1 Å². The number of hydrogen-bond acceptors (Lipinski definition) is 7. The van der Waals surface area contributed by atoms with Crippen molar-refractivity contribution in [2.75, 3.05) is 12.4 Å². The Balaban J connectivity index is 1.49. The first-order valence-electron chi connectivity index (χ1n) is 10.9. The van der Waals surface area contributed by atoms with Crippen molar-refractivity contribution in [2.24, 2.45) is 0 Å². The maximum atomic E-state index is 12.7. The predicted molar refractivity (Wildman–Crippen MR) is 137 cm³/mol. The summed E-state index contributed by atoms with van der Waals surface area (Å²) in [7, 11) is 1.36. The molecule has 37 heavy (non-hydrogen) atoms. The number of hydrogen-bond donors (Lipinski definition) is 1. The summed E-state index contributed by atoms with van der Waals surface area (Å²) in [6, 6.07) is 24.8. The fraction of sp³-hybridized carbons (Fsp3) is 0.0357. The Morgan fingerprint density at radius 2 is 1.68 bits per heavy atom. The minimum absolute atomic E-state index is 0.0763. The van der Waals surface area contributed by atoms with E-state index in [0.717, 1.165) is 10.8 Å². The predicted octanol–water partition coefficient (Wildman–Crippen LogP) is 5.52. The number of nitrogens with zero attached hydrogens (tertiary/aromatic N) is 2. The number of esters is 1. The number of anilines is 1. The zero-order valence-electron chi connectivity index (χ0n) is 19.5. The Labute approximate surface area is 211 Å². The van der Waals surface area contributed by atoms with Crippen LogP contribution in [0.15, 0.2) is 90.5 Å². The summed E-state index contributed by atoms with van der Waals surface area (Å²) in [5.74, 6) is -0.797. The monoisotopic (exact) mass is 493 g/mol. The number of carbonyl (C=O) groups is 2. The van der Waals surface area contributed by atoms with Crippen molar-refractivity contribution in [1.82, 2.24) is 0 Å². The molecule has 182 valence electrons. The standard InChI is InChI=1S/C28H19N3O6/c1-36-22-13-14-25(26(16-22)31(34)35)30-27(32)20(17-29)15-18-9-11-21(12-10-18)37-28(33)24-8-4-6-19-5-2-3-7-23(19)24/h2-16H,1H3,(H,30,32)/b20-15+. The molecule has 0 bridgehead atoms. The lowest BCUT2D eigenvalue weighted by atomic mass is 10.0. The van der Waals surface area contributed by atoms with Gasteiger partial charge < -0.3 is 14.8 Å². The van der Waals surface area contributed by atoms with Gasteiger partial charge in [0.1, 0.15) is 28.8 Å². The molecule has 0 aliphatic heterocycles. The van der Waals surface area contributed by atoms with Gasteiger partial charge in [-0.2, -0.15) is 5.26 Å². The van der Waals surface area contributed by atoms with Crippen LogP contribution in [0.2, 0.25) is 0 Å². The van der Waals surface area contributed by atoms with Crippen LogP contribution in [0.25, 0.3) is 16.8 Å². The second kappa shape index (κ2) is 10.8. The van der Waals surface area contributed by atoms with Gasteiger partial charge in [0.05, 0.1) is 23.7 Å². The minimum Gasteiger partial charge on any atom is -0.496 e.